The second kappa shape index (κ2) is 10.8. The van der Waals surface area contributed by atoms with E-state index in [2.05, 4.69) is 5.32 Å². The summed E-state index contributed by atoms with van der Waals surface area (Å²) >= 11 is 0. The fourth-order valence-corrected chi connectivity index (χ4v) is 2.85. The summed E-state index contributed by atoms with van der Waals surface area (Å²) in [5.41, 5.74) is 0.823. The number of nitrogens with zero attached hydrogens (tertiary/aromatic N) is 1. The first-order valence-corrected chi connectivity index (χ1v) is 11.2. The summed E-state index contributed by atoms with van der Waals surface area (Å²) in [6, 6.07) is 13.9. The van der Waals surface area contributed by atoms with Gasteiger partial charge in [0.15, 0.2) is 6.61 Å². The molecule has 1 atom stereocenters. The number of nitrogens with one attached hydrogen (secondary N) is 1. The predicted octanol–water partition coefficient (Wildman–Crippen LogP) is 2.05. The van der Waals surface area contributed by atoms with Crippen LogP contribution in [0.5, 0.6) is 17.2 Å². The fourth-order valence-electron chi connectivity index (χ4n) is 2.47. The molecule has 1 amide bonds. The van der Waals surface area contributed by atoms with Gasteiger partial charge in [-0.05, 0) is 48.9 Å². The van der Waals surface area contributed by atoms with Crippen LogP contribution in [0.3, 0.4) is 0 Å². The number of rotatable bonds is 11. The minimum Gasteiger partial charge on any atom is -0.497 e. The van der Waals surface area contributed by atoms with Gasteiger partial charge < -0.3 is 19.5 Å². The summed E-state index contributed by atoms with van der Waals surface area (Å²) < 4.78 is 40.4. The topological polar surface area (TPSA) is 94.2 Å². The number of sulfonamides is 1. The first-order chi connectivity index (χ1) is 14.2. The Labute approximate surface area is 177 Å². The van der Waals surface area contributed by atoms with Crippen molar-refractivity contribution in [2.75, 3.05) is 33.6 Å². The Bertz CT molecular complexity index is 914. The van der Waals surface area contributed by atoms with Crippen molar-refractivity contribution in [2.45, 2.75) is 19.5 Å². The number of carbonyl (C=O) groups excluding carboxylic acids is 1. The third-order valence-electron chi connectivity index (χ3n) is 4.23. The van der Waals surface area contributed by atoms with Gasteiger partial charge >= 0.3 is 0 Å². The van der Waals surface area contributed by atoms with Crippen LogP contribution in [0.4, 0.5) is 0 Å². The van der Waals surface area contributed by atoms with Crippen LogP contribution in [0.25, 0.3) is 0 Å². The standard InChI is InChI=1S/C21H28N2O6S/c1-16(14-28-20-11-9-18(27-3)10-12-20)22-21(24)15-29-19-7-5-17(6-8-19)13-23(2)30(4,25)26/h5-12,16H,13-15H2,1-4H3,(H,22,24)/t16-/m0/s1. The third-order valence-corrected chi connectivity index (χ3v) is 5.49. The first kappa shape index (κ1) is 23.5. The van der Waals surface area contributed by atoms with E-state index in [0.717, 1.165) is 17.6 Å². The maximum atomic E-state index is 12.1. The van der Waals surface area contributed by atoms with E-state index in [4.69, 9.17) is 14.2 Å². The molecule has 0 aliphatic carbocycles. The van der Waals surface area contributed by atoms with E-state index in [1.54, 1.807) is 55.6 Å². The molecular formula is C21H28N2O6S. The molecule has 164 valence electrons. The lowest BCUT2D eigenvalue weighted by Crippen LogP contribution is -2.39. The van der Waals surface area contributed by atoms with Crippen LogP contribution >= 0.6 is 0 Å². The molecule has 1 N–H and O–H groups in total. The second-order valence-corrected chi connectivity index (χ2v) is 9.00. The first-order valence-electron chi connectivity index (χ1n) is 9.36. The van der Waals surface area contributed by atoms with Crippen LogP contribution in [0.2, 0.25) is 0 Å². The zero-order chi connectivity index (χ0) is 22.1. The molecule has 0 aromatic heterocycles. The van der Waals surface area contributed by atoms with E-state index in [1.165, 1.54) is 11.4 Å². The molecule has 8 nitrogen and oxygen atoms in total. The van der Waals surface area contributed by atoms with Crippen molar-refractivity contribution < 1.29 is 27.4 Å². The Kier molecular flexibility index (Phi) is 8.49. The van der Waals surface area contributed by atoms with E-state index in [1.807, 2.05) is 6.92 Å². The van der Waals surface area contributed by atoms with Crippen molar-refractivity contribution in [3.63, 3.8) is 0 Å². The highest BCUT2D eigenvalue weighted by atomic mass is 32.2. The molecule has 0 aliphatic heterocycles. The zero-order valence-electron chi connectivity index (χ0n) is 17.6. The smallest absolute Gasteiger partial charge is 0.258 e. The molecule has 0 spiro atoms. The van der Waals surface area contributed by atoms with Gasteiger partial charge in [-0.1, -0.05) is 12.1 Å². The van der Waals surface area contributed by atoms with Gasteiger partial charge in [0.1, 0.15) is 23.9 Å². The second-order valence-electron chi connectivity index (χ2n) is 6.91. The van der Waals surface area contributed by atoms with Crippen LogP contribution in [0.15, 0.2) is 48.5 Å². The van der Waals surface area contributed by atoms with Gasteiger partial charge in [0.25, 0.3) is 5.91 Å². The largest absolute Gasteiger partial charge is 0.497 e. The van der Waals surface area contributed by atoms with Crippen LogP contribution in [-0.2, 0) is 21.4 Å². The van der Waals surface area contributed by atoms with Crippen LogP contribution < -0.4 is 19.5 Å². The summed E-state index contributed by atoms with van der Waals surface area (Å²) in [6.07, 6.45) is 1.16. The summed E-state index contributed by atoms with van der Waals surface area (Å²) in [5.74, 6) is 1.70. The molecule has 0 radical (unpaired) electrons. The zero-order valence-corrected chi connectivity index (χ0v) is 18.4. The summed E-state index contributed by atoms with van der Waals surface area (Å²) in [6.45, 7) is 2.30. The highest BCUT2D eigenvalue weighted by Gasteiger charge is 2.12. The van der Waals surface area contributed by atoms with Gasteiger partial charge in [0.05, 0.1) is 19.4 Å². The minimum absolute atomic E-state index is 0.129. The maximum Gasteiger partial charge on any atom is 0.258 e. The van der Waals surface area contributed by atoms with E-state index in [0.29, 0.717) is 18.1 Å². The number of amides is 1. The number of ether oxygens (including phenoxy) is 3. The van der Waals surface area contributed by atoms with Crippen LogP contribution in [-0.4, -0.2) is 58.3 Å². The molecule has 0 bridgehead atoms. The molecule has 30 heavy (non-hydrogen) atoms. The molecular weight excluding hydrogens is 408 g/mol. The van der Waals surface area contributed by atoms with Crippen molar-refractivity contribution >= 4 is 15.9 Å². The van der Waals surface area contributed by atoms with Gasteiger partial charge in [0, 0.05) is 13.6 Å². The van der Waals surface area contributed by atoms with E-state index >= 15 is 0 Å². The normalized spacial score (nSPS) is 12.3. The third kappa shape index (κ3) is 7.92. The van der Waals surface area contributed by atoms with Gasteiger partial charge in [-0.25, -0.2) is 12.7 Å². The monoisotopic (exact) mass is 436 g/mol. The Hall–Kier alpha value is -2.78. The predicted molar refractivity (Wildman–Crippen MR) is 114 cm³/mol. The van der Waals surface area contributed by atoms with Gasteiger partial charge in [-0.3, -0.25) is 4.79 Å². The number of methoxy groups -OCH3 is 1. The van der Waals surface area contributed by atoms with E-state index < -0.39 is 10.0 Å². The Morgan fingerprint density at radius 1 is 1.00 bits per heavy atom. The van der Waals surface area contributed by atoms with Crippen molar-refractivity contribution in [1.82, 2.24) is 9.62 Å². The van der Waals surface area contributed by atoms with Gasteiger partial charge in [-0.2, -0.15) is 0 Å². The number of benzene rings is 2. The number of carbonyl (C=O) groups is 1. The lowest BCUT2D eigenvalue weighted by molar-refractivity contribution is -0.123. The molecule has 0 fully saturated rings. The lowest BCUT2D eigenvalue weighted by Gasteiger charge is -2.16. The van der Waals surface area contributed by atoms with Gasteiger partial charge in [0.2, 0.25) is 10.0 Å². The summed E-state index contributed by atoms with van der Waals surface area (Å²) in [4.78, 5) is 12.1. The molecule has 0 heterocycles. The average molecular weight is 437 g/mol. The molecule has 9 heteroatoms. The van der Waals surface area contributed by atoms with Crippen molar-refractivity contribution in [2.24, 2.45) is 0 Å². The van der Waals surface area contributed by atoms with Crippen molar-refractivity contribution in [3.05, 3.63) is 54.1 Å². The SMILES string of the molecule is COc1ccc(OC[C@H](C)NC(=O)COc2ccc(CN(C)S(C)(=O)=O)cc2)cc1. The van der Waals surface area contributed by atoms with Crippen LogP contribution in [0.1, 0.15) is 12.5 Å². The molecule has 2 rings (SSSR count). The molecule has 2 aromatic rings. The van der Waals surface area contributed by atoms with Crippen molar-refractivity contribution in [1.29, 1.82) is 0 Å². The summed E-state index contributed by atoms with van der Waals surface area (Å²) in [7, 11) is -0.120. The minimum atomic E-state index is -3.24. The number of hydrogen-bond donors (Lipinski definition) is 1. The average Bonchev–Trinajstić information content (AvgIpc) is 2.71. The van der Waals surface area contributed by atoms with Crippen molar-refractivity contribution in [3.8, 4) is 17.2 Å². The Morgan fingerprint density at radius 2 is 1.53 bits per heavy atom. The van der Waals surface area contributed by atoms with Gasteiger partial charge in [-0.15, -0.1) is 0 Å². The van der Waals surface area contributed by atoms with E-state index in [9.17, 15) is 13.2 Å². The molecule has 0 unspecified atom stereocenters. The molecule has 0 saturated carbocycles. The lowest BCUT2D eigenvalue weighted by atomic mass is 10.2. The highest BCUT2D eigenvalue weighted by Crippen LogP contribution is 2.17. The molecule has 0 saturated heterocycles. The van der Waals surface area contributed by atoms with Crippen LogP contribution in [0, 0.1) is 0 Å². The molecule has 2 aromatic carbocycles. The Balaban J connectivity index is 1.72. The highest BCUT2D eigenvalue weighted by molar-refractivity contribution is 7.88. The van der Waals surface area contributed by atoms with E-state index in [-0.39, 0.29) is 25.1 Å². The fraction of sp³-hybridized carbons (Fsp3) is 0.381. The maximum absolute atomic E-state index is 12.1. The Morgan fingerprint density at radius 3 is 2.10 bits per heavy atom. The molecule has 0 aliphatic rings. The number of hydrogen-bond acceptors (Lipinski definition) is 6. The summed E-state index contributed by atoms with van der Waals surface area (Å²) in [5, 5.41) is 2.81. The quantitative estimate of drug-likeness (QED) is 0.579.